The van der Waals surface area contributed by atoms with Gasteiger partial charge in [-0.15, -0.1) is 0 Å². The highest BCUT2D eigenvalue weighted by atomic mass is 16.5. The normalized spacial score (nSPS) is 17.8. The molecular weight excluding hydrogens is 612 g/mol. The molecule has 9 nitrogen and oxygen atoms in total. The van der Waals surface area contributed by atoms with E-state index in [1.165, 1.54) is 6.26 Å². The van der Waals surface area contributed by atoms with Gasteiger partial charge in [-0.3, -0.25) is 9.59 Å². The summed E-state index contributed by atoms with van der Waals surface area (Å²) in [5.41, 5.74) is 15.4. The molecule has 6 rings (SSSR count). The Morgan fingerprint density at radius 2 is 1.31 bits per heavy atom. The minimum absolute atomic E-state index is 0.0721. The van der Waals surface area contributed by atoms with Crippen LogP contribution in [-0.2, 0) is 22.4 Å². The Bertz CT molecular complexity index is 1860. The van der Waals surface area contributed by atoms with Gasteiger partial charge < -0.3 is 31.1 Å². The van der Waals surface area contributed by atoms with Crippen molar-refractivity contribution in [2.24, 2.45) is 17.4 Å². The fourth-order valence-corrected chi connectivity index (χ4v) is 7.18. The summed E-state index contributed by atoms with van der Waals surface area (Å²) >= 11 is 0. The highest BCUT2D eigenvalue weighted by molar-refractivity contribution is 5.87. The number of rotatable bonds is 13. The van der Waals surface area contributed by atoms with E-state index >= 15 is 0 Å². The monoisotopic (exact) mass is 660 g/mol. The number of nitrogens with two attached hydrogens (primary N) is 2. The van der Waals surface area contributed by atoms with Gasteiger partial charge in [0.25, 0.3) is 0 Å². The largest absolute Gasteiger partial charge is 0.367 e. The molecule has 1 aromatic heterocycles. The van der Waals surface area contributed by atoms with E-state index < -0.39 is 12.1 Å². The second-order valence-electron chi connectivity index (χ2n) is 13.9. The van der Waals surface area contributed by atoms with Crippen LogP contribution < -0.4 is 16.8 Å². The van der Waals surface area contributed by atoms with Crippen molar-refractivity contribution in [1.82, 2.24) is 15.0 Å². The first kappa shape index (κ1) is 34.1. The van der Waals surface area contributed by atoms with Crippen LogP contribution in [0, 0.1) is 5.92 Å². The molecule has 0 aliphatic carbocycles. The fourth-order valence-electron chi connectivity index (χ4n) is 7.18. The van der Waals surface area contributed by atoms with Gasteiger partial charge in [0.1, 0.15) is 6.26 Å². The quantitative estimate of drug-likeness (QED) is 0.137. The predicted octanol–water partition coefficient (Wildman–Crippen LogP) is 5.77. The number of fused-ring (bicyclic) bond motifs is 2. The molecule has 5 N–H and O–H groups in total. The van der Waals surface area contributed by atoms with Gasteiger partial charge in [0, 0.05) is 37.8 Å². The molecule has 5 aromatic rings. The maximum Gasteiger partial charge on any atom is 0.240 e. The first-order chi connectivity index (χ1) is 23.7. The zero-order valence-electron chi connectivity index (χ0n) is 28.5. The summed E-state index contributed by atoms with van der Waals surface area (Å²) in [7, 11) is 0. The predicted molar refractivity (Wildman–Crippen MR) is 196 cm³/mol. The molecule has 1 aliphatic rings. The van der Waals surface area contributed by atoms with Gasteiger partial charge in [-0.2, -0.15) is 0 Å². The lowest BCUT2D eigenvalue weighted by atomic mass is 9.93. The number of aromatic nitrogens is 1. The summed E-state index contributed by atoms with van der Waals surface area (Å²) in [6, 6.07) is 28.9. The average Bonchev–Trinajstić information content (AvgIpc) is 3.63. The third kappa shape index (κ3) is 8.47. The smallest absolute Gasteiger partial charge is 0.240 e. The number of nitrogens with one attached hydrogen (secondary N) is 1. The molecular formula is C40H48N6O3. The molecule has 1 unspecified atom stereocenters. The maximum atomic E-state index is 14.2. The zero-order chi connectivity index (χ0) is 34.3. The molecule has 0 saturated carbocycles. The van der Waals surface area contributed by atoms with Gasteiger partial charge in [-0.1, -0.05) is 104 Å². The highest BCUT2D eigenvalue weighted by Gasteiger charge is 2.40. The van der Waals surface area contributed by atoms with Crippen molar-refractivity contribution in [2.75, 3.05) is 25.0 Å². The van der Waals surface area contributed by atoms with Gasteiger partial charge in [-0.05, 0) is 70.7 Å². The van der Waals surface area contributed by atoms with Crippen LogP contribution >= 0.6 is 0 Å². The van der Waals surface area contributed by atoms with E-state index in [2.05, 4.69) is 85.0 Å². The molecule has 0 bridgehead atoms. The van der Waals surface area contributed by atoms with Crippen molar-refractivity contribution < 1.29 is 14.1 Å². The van der Waals surface area contributed by atoms with Crippen molar-refractivity contribution >= 4 is 39.2 Å². The number of hydrogen-bond acceptors (Lipinski definition) is 7. The molecule has 4 aromatic carbocycles. The standard InChI is InChI=1S/C40H48N6O3/c1-27(2)20-35-26-45(39(47)36(41)23-28-13-15-30-8-3-5-10-32(30)21-28)34(12-7-18-43-38-17-19-49-44-38)25-46(35)40(48)37(42)24-29-14-16-31-9-4-6-11-33(31)22-29/h3-6,8-11,13-17,19,21-22,27,34-37H,7,12,18,20,23-26,41-42H2,1-2H3,(H,43,44)/t34-,35+,36+,37?/m0/s1. The van der Waals surface area contributed by atoms with Gasteiger partial charge in [0.2, 0.25) is 11.8 Å². The van der Waals surface area contributed by atoms with Crippen LogP contribution in [0.2, 0.25) is 0 Å². The van der Waals surface area contributed by atoms with Crippen molar-refractivity contribution in [3.63, 3.8) is 0 Å². The van der Waals surface area contributed by atoms with Crippen LogP contribution in [0.25, 0.3) is 21.5 Å². The zero-order valence-corrected chi connectivity index (χ0v) is 28.5. The Hall–Kier alpha value is -4.73. The first-order valence-corrected chi connectivity index (χ1v) is 17.5. The number of carbonyl (C=O) groups excluding carboxylic acids is 2. The van der Waals surface area contributed by atoms with Crippen molar-refractivity contribution in [1.29, 1.82) is 0 Å². The van der Waals surface area contributed by atoms with Gasteiger partial charge in [-0.25, -0.2) is 0 Å². The highest BCUT2D eigenvalue weighted by Crippen LogP contribution is 2.26. The second-order valence-corrected chi connectivity index (χ2v) is 13.9. The Labute approximate surface area is 288 Å². The SMILES string of the molecule is CC(C)C[C@@H]1CN(C(=O)[C@H](N)Cc2ccc3ccccc3c2)[C@@H](CCCNc2ccon2)CN1C(=O)C(N)Cc1ccc2ccccc2c1. The van der Waals surface area contributed by atoms with Crippen LogP contribution in [0.4, 0.5) is 5.82 Å². The molecule has 2 amide bonds. The number of piperazine rings is 1. The summed E-state index contributed by atoms with van der Waals surface area (Å²) < 4.78 is 4.94. The van der Waals surface area contributed by atoms with Crippen LogP contribution in [0.3, 0.4) is 0 Å². The Balaban J connectivity index is 1.20. The van der Waals surface area contributed by atoms with E-state index in [-0.39, 0.29) is 23.9 Å². The fraction of sp³-hybridized carbons (Fsp3) is 0.375. The summed E-state index contributed by atoms with van der Waals surface area (Å²) in [4.78, 5) is 32.3. The number of nitrogens with zero attached hydrogens (tertiary/aromatic N) is 3. The summed E-state index contributed by atoms with van der Waals surface area (Å²) in [6.07, 6.45) is 4.63. The Morgan fingerprint density at radius 1 is 0.776 bits per heavy atom. The molecule has 1 aliphatic heterocycles. The van der Waals surface area contributed by atoms with Crippen LogP contribution in [0.15, 0.2) is 102 Å². The number of carbonyl (C=O) groups is 2. The Kier molecular flexibility index (Phi) is 10.9. The lowest BCUT2D eigenvalue weighted by Crippen LogP contribution is -2.65. The van der Waals surface area contributed by atoms with E-state index in [0.29, 0.717) is 50.6 Å². The number of amides is 2. The first-order valence-electron chi connectivity index (χ1n) is 17.5. The topological polar surface area (TPSA) is 131 Å². The van der Waals surface area contributed by atoms with Crippen LogP contribution in [-0.4, -0.2) is 70.6 Å². The second kappa shape index (κ2) is 15.7. The molecule has 49 heavy (non-hydrogen) atoms. The summed E-state index contributed by atoms with van der Waals surface area (Å²) in [5.74, 6) is 0.840. The van der Waals surface area contributed by atoms with Crippen molar-refractivity contribution in [3.8, 4) is 0 Å². The number of anilines is 1. The van der Waals surface area contributed by atoms with Gasteiger partial charge in [0.05, 0.1) is 12.1 Å². The minimum Gasteiger partial charge on any atom is -0.367 e. The molecule has 256 valence electrons. The molecule has 9 heteroatoms. The van der Waals surface area contributed by atoms with E-state index in [0.717, 1.165) is 45.5 Å². The molecule has 0 spiro atoms. The van der Waals surface area contributed by atoms with Crippen LogP contribution in [0.5, 0.6) is 0 Å². The molecule has 1 saturated heterocycles. The third-order valence-electron chi connectivity index (χ3n) is 9.64. The third-order valence-corrected chi connectivity index (χ3v) is 9.64. The van der Waals surface area contributed by atoms with E-state index in [1.54, 1.807) is 6.07 Å². The van der Waals surface area contributed by atoms with Gasteiger partial charge >= 0.3 is 0 Å². The molecule has 2 heterocycles. The van der Waals surface area contributed by atoms with E-state index in [1.807, 2.05) is 34.1 Å². The van der Waals surface area contributed by atoms with Crippen LogP contribution in [0.1, 0.15) is 44.2 Å². The maximum absolute atomic E-state index is 14.2. The van der Waals surface area contributed by atoms with E-state index in [4.69, 9.17) is 16.0 Å². The summed E-state index contributed by atoms with van der Waals surface area (Å²) in [6.45, 7) is 5.80. The molecule has 0 radical (unpaired) electrons. The van der Waals surface area contributed by atoms with E-state index in [9.17, 15) is 9.59 Å². The number of hydrogen-bond donors (Lipinski definition) is 3. The number of benzene rings is 4. The van der Waals surface area contributed by atoms with Crippen molar-refractivity contribution in [3.05, 3.63) is 108 Å². The van der Waals surface area contributed by atoms with Crippen molar-refractivity contribution in [2.45, 2.75) is 70.1 Å². The van der Waals surface area contributed by atoms with Gasteiger partial charge in [0.15, 0.2) is 5.82 Å². The summed E-state index contributed by atoms with van der Waals surface area (Å²) in [5, 5.41) is 11.8. The molecule has 4 atom stereocenters. The lowest BCUT2D eigenvalue weighted by Gasteiger charge is -2.48. The molecule has 1 fully saturated rings. The minimum atomic E-state index is -0.700. The Morgan fingerprint density at radius 3 is 1.84 bits per heavy atom. The average molecular weight is 661 g/mol. The lowest BCUT2D eigenvalue weighted by molar-refractivity contribution is -0.149.